The maximum Gasteiger partial charge on any atom is 0.434 e. The van der Waals surface area contributed by atoms with Crippen molar-refractivity contribution in [1.82, 2.24) is 9.78 Å². The van der Waals surface area contributed by atoms with Gasteiger partial charge in [0.2, 0.25) is 0 Å². The van der Waals surface area contributed by atoms with Crippen molar-refractivity contribution in [2.75, 3.05) is 0 Å². The van der Waals surface area contributed by atoms with Crippen LogP contribution in [0.3, 0.4) is 0 Å². The molecule has 0 saturated carbocycles. The first-order chi connectivity index (χ1) is 9.20. The zero-order valence-corrected chi connectivity index (χ0v) is 10.1. The van der Waals surface area contributed by atoms with E-state index >= 15 is 0 Å². The number of nitrogens with one attached hydrogen (secondary N) is 1. The number of hydrogen-bond acceptors (Lipinski definition) is 3. The largest absolute Gasteiger partial charge is 0.478 e. The van der Waals surface area contributed by atoms with Gasteiger partial charge in [0.05, 0.1) is 6.20 Å². The molecule has 0 amide bonds. The summed E-state index contributed by atoms with van der Waals surface area (Å²) in [6.07, 6.45) is -0.415. The highest BCUT2D eigenvalue weighted by atomic mass is 19.4. The minimum absolute atomic E-state index is 0.0737. The van der Waals surface area contributed by atoms with Gasteiger partial charge in [0.25, 0.3) is 0 Å². The van der Waals surface area contributed by atoms with Crippen molar-refractivity contribution in [3.63, 3.8) is 0 Å². The third kappa shape index (κ3) is 3.02. The fraction of sp³-hybridized carbons (Fsp3) is 0.0833. The van der Waals surface area contributed by atoms with Crippen molar-refractivity contribution >= 4 is 11.8 Å². The van der Waals surface area contributed by atoms with Crippen LogP contribution in [0.4, 0.5) is 13.2 Å². The van der Waals surface area contributed by atoms with Crippen molar-refractivity contribution in [3.05, 3.63) is 54.4 Å². The van der Waals surface area contributed by atoms with E-state index in [0.29, 0.717) is 6.20 Å². The Bertz CT molecular complexity index is 612. The summed E-state index contributed by atoms with van der Waals surface area (Å²) in [5.74, 6) is -2.45. The SMILES string of the molecule is C=C/C=C\C(=C)C(=N)n1ncc(C(=O)O)c1C(F)(F)F. The van der Waals surface area contributed by atoms with Crippen LogP contribution >= 0.6 is 0 Å². The number of alkyl halides is 3. The lowest BCUT2D eigenvalue weighted by Crippen LogP contribution is -2.23. The van der Waals surface area contributed by atoms with Gasteiger partial charge in [0, 0.05) is 5.57 Å². The molecule has 0 aliphatic carbocycles. The molecule has 8 heteroatoms. The third-order valence-corrected chi connectivity index (χ3v) is 2.22. The number of aromatic nitrogens is 2. The van der Waals surface area contributed by atoms with E-state index < -0.39 is 29.2 Å². The Kier molecular flexibility index (Phi) is 4.28. The van der Waals surface area contributed by atoms with Gasteiger partial charge in [0.1, 0.15) is 5.56 Å². The Labute approximate surface area is 111 Å². The molecule has 1 aromatic heterocycles. The molecule has 20 heavy (non-hydrogen) atoms. The average molecular weight is 285 g/mol. The lowest BCUT2D eigenvalue weighted by Gasteiger charge is -2.12. The van der Waals surface area contributed by atoms with Gasteiger partial charge in [-0.25, -0.2) is 9.48 Å². The van der Waals surface area contributed by atoms with Gasteiger partial charge in [-0.15, -0.1) is 0 Å². The van der Waals surface area contributed by atoms with Gasteiger partial charge >= 0.3 is 12.1 Å². The maximum absolute atomic E-state index is 12.9. The summed E-state index contributed by atoms with van der Waals surface area (Å²) in [7, 11) is 0. The molecule has 5 nitrogen and oxygen atoms in total. The number of rotatable bonds is 4. The van der Waals surface area contributed by atoms with E-state index in [2.05, 4.69) is 18.3 Å². The van der Waals surface area contributed by atoms with Gasteiger partial charge in [0.15, 0.2) is 11.5 Å². The maximum atomic E-state index is 12.9. The minimum atomic E-state index is -4.96. The van der Waals surface area contributed by atoms with Crippen LogP contribution in [0.1, 0.15) is 16.1 Å². The van der Waals surface area contributed by atoms with E-state index in [-0.39, 0.29) is 10.3 Å². The molecule has 0 spiro atoms. The highest BCUT2D eigenvalue weighted by Gasteiger charge is 2.41. The lowest BCUT2D eigenvalue weighted by atomic mass is 10.2. The molecule has 0 saturated heterocycles. The van der Waals surface area contributed by atoms with Gasteiger partial charge in [-0.3, -0.25) is 5.41 Å². The molecule has 1 heterocycles. The number of halogens is 3. The van der Waals surface area contributed by atoms with Crippen LogP contribution in [-0.2, 0) is 6.18 Å². The van der Waals surface area contributed by atoms with Gasteiger partial charge < -0.3 is 5.11 Å². The van der Waals surface area contributed by atoms with Crippen LogP contribution in [0.15, 0.2) is 43.2 Å². The number of nitrogens with zero attached hydrogens (tertiary/aromatic N) is 2. The number of allylic oxidation sites excluding steroid dienone is 4. The van der Waals surface area contributed by atoms with E-state index in [1.54, 1.807) is 0 Å². The van der Waals surface area contributed by atoms with Crippen molar-refractivity contribution in [3.8, 4) is 0 Å². The molecule has 1 rings (SSSR count). The van der Waals surface area contributed by atoms with Crippen molar-refractivity contribution in [2.45, 2.75) is 6.18 Å². The number of aromatic carboxylic acids is 1. The van der Waals surface area contributed by atoms with E-state index in [4.69, 9.17) is 10.5 Å². The number of carboxylic acids is 1. The summed E-state index contributed by atoms with van der Waals surface area (Å²) in [5.41, 5.74) is -2.62. The third-order valence-electron chi connectivity index (χ3n) is 2.22. The molecule has 106 valence electrons. The first-order valence-electron chi connectivity index (χ1n) is 5.16. The molecule has 2 N–H and O–H groups in total. The second kappa shape index (κ2) is 5.55. The Hall–Kier alpha value is -2.64. The molecule has 0 fully saturated rings. The Balaban J connectivity index is 3.36. The van der Waals surface area contributed by atoms with Crippen LogP contribution in [0.5, 0.6) is 0 Å². The quantitative estimate of drug-likeness (QED) is 0.507. The summed E-state index contributed by atoms with van der Waals surface area (Å²) < 4.78 is 38.9. The monoisotopic (exact) mass is 285 g/mol. The summed E-state index contributed by atoms with van der Waals surface area (Å²) in [5, 5.41) is 19.6. The highest BCUT2D eigenvalue weighted by Crippen LogP contribution is 2.32. The molecule has 0 aromatic carbocycles. The second-order valence-corrected chi connectivity index (χ2v) is 3.59. The smallest absolute Gasteiger partial charge is 0.434 e. The topological polar surface area (TPSA) is 79.0 Å². The zero-order chi connectivity index (χ0) is 15.5. The molecular weight excluding hydrogens is 275 g/mol. The molecule has 0 unspecified atom stereocenters. The van der Waals surface area contributed by atoms with Crippen LogP contribution in [0.25, 0.3) is 0 Å². The predicted molar refractivity (Wildman–Crippen MR) is 65.8 cm³/mol. The van der Waals surface area contributed by atoms with Gasteiger partial charge in [-0.1, -0.05) is 31.4 Å². The van der Waals surface area contributed by atoms with E-state index in [1.165, 1.54) is 18.2 Å². The Morgan fingerprint density at radius 3 is 2.55 bits per heavy atom. The van der Waals surface area contributed by atoms with Crippen LogP contribution in [0.2, 0.25) is 0 Å². The van der Waals surface area contributed by atoms with Gasteiger partial charge in [-0.2, -0.15) is 18.3 Å². The summed E-state index contributed by atoms with van der Waals surface area (Å²) >= 11 is 0. The van der Waals surface area contributed by atoms with E-state index in [1.807, 2.05) is 0 Å². The summed E-state index contributed by atoms with van der Waals surface area (Å²) in [6.45, 7) is 6.78. The first kappa shape index (κ1) is 15.4. The summed E-state index contributed by atoms with van der Waals surface area (Å²) in [4.78, 5) is 10.8. The van der Waals surface area contributed by atoms with Gasteiger partial charge in [-0.05, 0) is 0 Å². The fourth-order valence-electron chi connectivity index (χ4n) is 1.35. The van der Waals surface area contributed by atoms with Crippen molar-refractivity contribution in [1.29, 1.82) is 5.41 Å². The standard InChI is InChI=1S/C12H10F3N3O2/c1-3-4-5-7(2)10(16)18-9(12(13,14)15)8(6-17-18)11(19)20/h3-6,16H,1-2H2,(H,19,20)/b5-4-,16-10?. The molecule has 0 aliphatic heterocycles. The zero-order valence-electron chi connectivity index (χ0n) is 10.1. The van der Waals surface area contributed by atoms with Crippen LogP contribution < -0.4 is 0 Å². The fourth-order valence-corrected chi connectivity index (χ4v) is 1.35. The Morgan fingerprint density at radius 2 is 2.10 bits per heavy atom. The lowest BCUT2D eigenvalue weighted by molar-refractivity contribution is -0.142. The molecule has 0 radical (unpaired) electrons. The second-order valence-electron chi connectivity index (χ2n) is 3.59. The van der Waals surface area contributed by atoms with E-state index in [0.717, 1.165) is 0 Å². The van der Waals surface area contributed by atoms with E-state index in [9.17, 15) is 18.0 Å². The molecular formula is C12H10F3N3O2. The van der Waals surface area contributed by atoms with Crippen molar-refractivity contribution < 1.29 is 23.1 Å². The average Bonchev–Trinajstić information content (AvgIpc) is 2.79. The number of carbonyl (C=O) groups is 1. The van der Waals surface area contributed by atoms with Crippen LogP contribution in [0, 0.1) is 5.41 Å². The number of carboxylic acid groups (broad SMARTS) is 1. The molecule has 1 aromatic rings. The summed E-state index contributed by atoms with van der Waals surface area (Å²) in [6, 6.07) is 0. The first-order valence-corrected chi connectivity index (χ1v) is 5.16. The minimum Gasteiger partial charge on any atom is -0.478 e. The highest BCUT2D eigenvalue weighted by molar-refractivity contribution is 6.00. The predicted octanol–water partition coefficient (Wildman–Crippen LogP) is 2.72. The molecule has 0 aliphatic rings. The molecule has 0 atom stereocenters. The normalized spacial score (nSPS) is 11.6. The molecule has 0 bridgehead atoms. The Morgan fingerprint density at radius 1 is 1.50 bits per heavy atom. The van der Waals surface area contributed by atoms with Crippen LogP contribution in [-0.4, -0.2) is 26.7 Å². The van der Waals surface area contributed by atoms with Crippen molar-refractivity contribution in [2.24, 2.45) is 0 Å². The number of hydrogen-bond donors (Lipinski definition) is 2.